The first kappa shape index (κ1) is 17.8. The van der Waals surface area contributed by atoms with Crippen LogP contribution in [0, 0.1) is 10.1 Å². The normalized spacial score (nSPS) is 10.2. The van der Waals surface area contributed by atoms with Gasteiger partial charge in [0.15, 0.2) is 0 Å². The van der Waals surface area contributed by atoms with Gasteiger partial charge in [-0.2, -0.15) is 11.8 Å². The number of rotatable bonds is 8. The molecule has 0 fully saturated rings. The predicted octanol–water partition coefficient (Wildman–Crippen LogP) is 3.87. The van der Waals surface area contributed by atoms with Gasteiger partial charge in [-0.1, -0.05) is 30.3 Å². The van der Waals surface area contributed by atoms with Gasteiger partial charge in [0.25, 0.3) is 5.69 Å². The van der Waals surface area contributed by atoms with E-state index >= 15 is 0 Å². The van der Waals surface area contributed by atoms with Crippen LogP contribution in [0.5, 0.6) is 5.75 Å². The summed E-state index contributed by atoms with van der Waals surface area (Å²) in [4.78, 5) is 22.3. The highest BCUT2D eigenvalue weighted by Gasteiger charge is 2.13. The SMILES string of the molecule is COc1ccc([N+](=O)[O-])cc1NC(=O)CCSCc1ccccc1. The van der Waals surface area contributed by atoms with E-state index in [2.05, 4.69) is 5.32 Å². The summed E-state index contributed by atoms with van der Waals surface area (Å²) in [7, 11) is 1.45. The smallest absolute Gasteiger partial charge is 0.271 e. The number of benzene rings is 2. The molecule has 0 spiro atoms. The van der Waals surface area contributed by atoms with Crippen molar-refractivity contribution in [1.29, 1.82) is 0 Å². The van der Waals surface area contributed by atoms with Gasteiger partial charge in [-0.25, -0.2) is 0 Å². The summed E-state index contributed by atoms with van der Waals surface area (Å²) >= 11 is 1.66. The number of hydrogen-bond acceptors (Lipinski definition) is 5. The molecule has 0 saturated heterocycles. The Bertz CT molecular complexity index is 707. The van der Waals surface area contributed by atoms with Crippen molar-refractivity contribution in [2.45, 2.75) is 12.2 Å². The molecule has 1 N–H and O–H groups in total. The minimum absolute atomic E-state index is 0.0930. The lowest BCUT2D eigenvalue weighted by molar-refractivity contribution is -0.384. The maximum atomic E-state index is 12.0. The maximum Gasteiger partial charge on any atom is 0.271 e. The summed E-state index contributed by atoms with van der Waals surface area (Å²) in [6.07, 6.45) is 0.323. The van der Waals surface area contributed by atoms with Gasteiger partial charge in [-0.15, -0.1) is 0 Å². The lowest BCUT2D eigenvalue weighted by atomic mass is 10.2. The van der Waals surface area contributed by atoms with Crippen LogP contribution in [0.4, 0.5) is 11.4 Å². The van der Waals surface area contributed by atoms with Crippen LogP contribution >= 0.6 is 11.8 Å². The molecule has 0 aliphatic carbocycles. The van der Waals surface area contributed by atoms with E-state index in [1.807, 2.05) is 30.3 Å². The van der Waals surface area contributed by atoms with Crippen LogP contribution in [-0.2, 0) is 10.5 Å². The van der Waals surface area contributed by atoms with Crippen molar-refractivity contribution in [2.75, 3.05) is 18.2 Å². The topological polar surface area (TPSA) is 81.5 Å². The van der Waals surface area contributed by atoms with Crippen molar-refractivity contribution < 1.29 is 14.5 Å². The van der Waals surface area contributed by atoms with E-state index in [0.29, 0.717) is 23.6 Å². The highest BCUT2D eigenvalue weighted by molar-refractivity contribution is 7.98. The molecule has 2 aromatic carbocycles. The zero-order valence-corrected chi connectivity index (χ0v) is 14.0. The Hall–Kier alpha value is -2.54. The second-order valence-electron chi connectivity index (χ2n) is 4.98. The Morgan fingerprint density at radius 3 is 2.67 bits per heavy atom. The Morgan fingerprint density at radius 1 is 1.25 bits per heavy atom. The molecule has 0 aliphatic rings. The molecule has 0 atom stereocenters. The molecule has 2 aromatic rings. The Labute approximate surface area is 144 Å². The number of nitro benzene ring substituents is 1. The number of ether oxygens (including phenoxy) is 1. The number of hydrogen-bond donors (Lipinski definition) is 1. The molecule has 0 aromatic heterocycles. The molecular weight excluding hydrogens is 328 g/mol. The first-order valence-corrected chi connectivity index (χ1v) is 8.49. The van der Waals surface area contributed by atoms with Gasteiger partial charge in [0.05, 0.1) is 17.7 Å². The zero-order chi connectivity index (χ0) is 17.4. The van der Waals surface area contributed by atoms with Crippen molar-refractivity contribution >= 4 is 29.0 Å². The van der Waals surface area contributed by atoms with Crippen LogP contribution in [-0.4, -0.2) is 23.7 Å². The molecule has 0 aliphatic heterocycles. The fourth-order valence-electron chi connectivity index (χ4n) is 2.05. The summed E-state index contributed by atoms with van der Waals surface area (Å²) in [6, 6.07) is 14.1. The van der Waals surface area contributed by atoms with Gasteiger partial charge in [0.1, 0.15) is 5.75 Å². The van der Waals surface area contributed by atoms with E-state index in [4.69, 9.17) is 4.74 Å². The van der Waals surface area contributed by atoms with E-state index in [-0.39, 0.29) is 11.6 Å². The van der Waals surface area contributed by atoms with Crippen molar-refractivity contribution in [3.8, 4) is 5.75 Å². The van der Waals surface area contributed by atoms with Crippen LogP contribution in [0.25, 0.3) is 0 Å². The van der Waals surface area contributed by atoms with Crippen LogP contribution in [0.3, 0.4) is 0 Å². The summed E-state index contributed by atoms with van der Waals surface area (Å²) in [5, 5.41) is 13.5. The summed E-state index contributed by atoms with van der Waals surface area (Å²) in [5.74, 6) is 1.70. The Kier molecular flexibility index (Phi) is 6.62. The number of anilines is 1. The highest BCUT2D eigenvalue weighted by Crippen LogP contribution is 2.29. The summed E-state index contributed by atoms with van der Waals surface area (Å²) < 4.78 is 5.12. The first-order valence-electron chi connectivity index (χ1n) is 7.34. The average molecular weight is 346 g/mol. The van der Waals surface area contributed by atoms with E-state index < -0.39 is 4.92 Å². The quantitative estimate of drug-likeness (QED) is 0.446. The highest BCUT2D eigenvalue weighted by atomic mass is 32.2. The van der Waals surface area contributed by atoms with Crippen LogP contribution in [0.15, 0.2) is 48.5 Å². The minimum atomic E-state index is -0.509. The Morgan fingerprint density at radius 2 is 2.00 bits per heavy atom. The number of thioether (sulfide) groups is 1. The molecule has 7 heteroatoms. The number of non-ortho nitro benzene ring substituents is 1. The average Bonchev–Trinajstić information content (AvgIpc) is 2.59. The van der Waals surface area contributed by atoms with E-state index in [9.17, 15) is 14.9 Å². The van der Waals surface area contributed by atoms with E-state index in [1.54, 1.807) is 11.8 Å². The molecular formula is C17H18N2O4S. The first-order chi connectivity index (χ1) is 11.6. The van der Waals surface area contributed by atoms with Gasteiger partial charge in [-0.3, -0.25) is 14.9 Å². The number of nitro groups is 1. The number of nitrogens with zero attached hydrogens (tertiary/aromatic N) is 1. The molecule has 24 heavy (non-hydrogen) atoms. The van der Waals surface area contributed by atoms with Crippen molar-refractivity contribution in [3.63, 3.8) is 0 Å². The molecule has 6 nitrogen and oxygen atoms in total. The Balaban J connectivity index is 1.85. The minimum Gasteiger partial charge on any atom is -0.495 e. The number of carbonyl (C=O) groups excluding carboxylic acids is 1. The summed E-state index contributed by atoms with van der Waals surface area (Å²) in [6.45, 7) is 0. The van der Waals surface area contributed by atoms with Crippen molar-refractivity contribution in [1.82, 2.24) is 0 Å². The van der Waals surface area contributed by atoms with Gasteiger partial charge in [0, 0.05) is 30.1 Å². The fourth-order valence-corrected chi connectivity index (χ4v) is 2.95. The third-order valence-electron chi connectivity index (χ3n) is 3.25. The van der Waals surface area contributed by atoms with Gasteiger partial charge in [-0.05, 0) is 11.6 Å². The van der Waals surface area contributed by atoms with Gasteiger partial charge in [0.2, 0.25) is 5.91 Å². The molecule has 0 unspecified atom stereocenters. The maximum absolute atomic E-state index is 12.0. The summed E-state index contributed by atoms with van der Waals surface area (Å²) in [5.41, 5.74) is 1.43. The van der Waals surface area contributed by atoms with Crippen molar-refractivity contribution in [3.05, 3.63) is 64.2 Å². The lowest BCUT2D eigenvalue weighted by Crippen LogP contribution is -2.13. The predicted molar refractivity (Wildman–Crippen MR) is 95.5 cm³/mol. The molecule has 0 heterocycles. The van der Waals surface area contributed by atoms with Crippen molar-refractivity contribution in [2.24, 2.45) is 0 Å². The van der Waals surface area contributed by atoms with E-state index in [1.165, 1.54) is 30.9 Å². The molecule has 0 saturated carbocycles. The number of amides is 1. The van der Waals surface area contributed by atoms with Crippen LogP contribution in [0.1, 0.15) is 12.0 Å². The molecule has 2 rings (SSSR count). The van der Waals surface area contributed by atoms with E-state index in [0.717, 1.165) is 5.75 Å². The van der Waals surface area contributed by atoms with Gasteiger partial charge >= 0.3 is 0 Å². The largest absolute Gasteiger partial charge is 0.495 e. The standard InChI is InChI=1S/C17H18N2O4S/c1-23-16-8-7-14(19(21)22)11-15(16)18-17(20)9-10-24-12-13-5-3-2-4-6-13/h2-8,11H,9-10,12H2,1H3,(H,18,20). The molecule has 1 amide bonds. The molecule has 0 radical (unpaired) electrons. The number of methoxy groups -OCH3 is 1. The monoisotopic (exact) mass is 346 g/mol. The van der Waals surface area contributed by atoms with Crippen LogP contribution in [0.2, 0.25) is 0 Å². The second-order valence-corrected chi connectivity index (χ2v) is 6.08. The molecule has 126 valence electrons. The fraction of sp³-hybridized carbons (Fsp3) is 0.235. The van der Waals surface area contributed by atoms with Crippen LogP contribution < -0.4 is 10.1 Å². The second kappa shape index (κ2) is 8.93. The number of nitrogens with one attached hydrogen (secondary N) is 1. The number of carbonyl (C=O) groups is 1. The lowest BCUT2D eigenvalue weighted by Gasteiger charge is -2.10. The third-order valence-corrected chi connectivity index (χ3v) is 4.28. The zero-order valence-electron chi connectivity index (χ0n) is 13.2. The third kappa shape index (κ3) is 5.27. The molecule has 0 bridgehead atoms. The van der Waals surface area contributed by atoms with Gasteiger partial charge < -0.3 is 10.1 Å².